The van der Waals surface area contributed by atoms with Gasteiger partial charge in [-0.3, -0.25) is 4.79 Å². The third kappa shape index (κ3) is 3.30. The van der Waals surface area contributed by atoms with Crippen molar-refractivity contribution in [2.45, 2.75) is 25.8 Å². The first-order chi connectivity index (χ1) is 9.63. The number of fused-ring (bicyclic) bond motifs is 1. The second-order valence-electron chi connectivity index (χ2n) is 4.88. The number of carbonyl (C=O) groups is 1. The number of aromatic amines is 1. The number of benzene rings is 1. The van der Waals surface area contributed by atoms with E-state index in [1.165, 1.54) is 0 Å². The SMILES string of the molecule is COc1ccc2[nH]cc(CC(=O)NC(C)CCO)c2c1. The van der Waals surface area contributed by atoms with Crippen molar-refractivity contribution in [3.05, 3.63) is 30.0 Å². The fraction of sp³-hybridized carbons (Fsp3) is 0.400. The number of hydrogen-bond acceptors (Lipinski definition) is 3. The number of methoxy groups -OCH3 is 1. The first-order valence-electron chi connectivity index (χ1n) is 6.68. The molecule has 20 heavy (non-hydrogen) atoms. The quantitative estimate of drug-likeness (QED) is 0.750. The highest BCUT2D eigenvalue weighted by Gasteiger charge is 2.11. The van der Waals surface area contributed by atoms with Gasteiger partial charge in [0.1, 0.15) is 5.75 Å². The van der Waals surface area contributed by atoms with Gasteiger partial charge in [0.25, 0.3) is 0 Å². The zero-order valence-electron chi connectivity index (χ0n) is 11.8. The summed E-state index contributed by atoms with van der Waals surface area (Å²) in [7, 11) is 1.62. The minimum atomic E-state index is -0.0466. The first kappa shape index (κ1) is 14.4. The smallest absolute Gasteiger partial charge is 0.224 e. The Kier molecular flexibility index (Phi) is 4.63. The van der Waals surface area contributed by atoms with Crippen LogP contribution < -0.4 is 10.1 Å². The molecule has 1 unspecified atom stereocenters. The summed E-state index contributed by atoms with van der Waals surface area (Å²) in [5.74, 6) is 0.724. The minimum Gasteiger partial charge on any atom is -0.497 e. The van der Waals surface area contributed by atoms with E-state index >= 15 is 0 Å². The van der Waals surface area contributed by atoms with E-state index in [9.17, 15) is 4.79 Å². The molecule has 1 aromatic carbocycles. The van der Waals surface area contributed by atoms with E-state index in [1.807, 2.05) is 31.3 Å². The summed E-state index contributed by atoms with van der Waals surface area (Å²) in [5, 5.41) is 12.7. The molecule has 0 aliphatic rings. The Morgan fingerprint density at radius 2 is 2.30 bits per heavy atom. The van der Waals surface area contributed by atoms with Crippen molar-refractivity contribution >= 4 is 16.8 Å². The Hall–Kier alpha value is -2.01. The molecule has 2 aromatic rings. The number of hydrogen-bond donors (Lipinski definition) is 3. The second-order valence-corrected chi connectivity index (χ2v) is 4.88. The van der Waals surface area contributed by atoms with Crippen LogP contribution in [0.25, 0.3) is 10.9 Å². The van der Waals surface area contributed by atoms with Gasteiger partial charge >= 0.3 is 0 Å². The largest absolute Gasteiger partial charge is 0.497 e. The molecule has 0 fully saturated rings. The summed E-state index contributed by atoms with van der Waals surface area (Å²) in [6, 6.07) is 5.72. The van der Waals surface area contributed by atoms with Crippen molar-refractivity contribution in [2.24, 2.45) is 0 Å². The van der Waals surface area contributed by atoms with Gasteiger partial charge < -0.3 is 20.1 Å². The average Bonchev–Trinajstić information content (AvgIpc) is 2.81. The highest BCUT2D eigenvalue weighted by atomic mass is 16.5. The molecule has 0 saturated carbocycles. The van der Waals surface area contributed by atoms with Crippen molar-refractivity contribution in [3.63, 3.8) is 0 Å². The Morgan fingerprint density at radius 3 is 3.00 bits per heavy atom. The van der Waals surface area contributed by atoms with Gasteiger partial charge in [0.2, 0.25) is 5.91 Å². The molecule has 0 aliphatic carbocycles. The molecule has 108 valence electrons. The highest BCUT2D eigenvalue weighted by molar-refractivity contribution is 5.89. The van der Waals surface area contributed by atoms with Crippen LogP contribution in [-0.2, 0) is 11.2 Å². The minimum absolute atomic E-state index is 0.0211. The monoisotopic (exact) mass is 276 g/mol. The van der Waals surface area contributed by atoms with E-state index in [0.29, 0.717) is 12.8 Å². The maximum Gasteiger partial charge on any atom is 0.224 e. The van der Waals surface area contributed by atoms with Crippen LogP contribution in [0, 0.1) is 0 Å². The summed E-state index contributed by atoms with van der Waals surface area (Å²) in [5.41, 5.74) is 1.92. The number of H-pyrrole nitrogens is 1. The van der Waals surface area contributed by atoms with Crippen LogP contribution in [0.15, 0.2) is 24.4 Å². The highest BCUT2D eigenvalue weighted by Crippen LogP contribution is 2.23. The molecule has 1 heterocycles. The summed E-state index contributed by atoms with van der Waals surface area (Å²) < 4.78 is 5.21. The van der Waals surface area contributed by atoms with Crippen molar-refractivity contribution in [1.82, 2.24) is 10.3 Å². The number of aliphatic hydroxyl groups is 1. The van der Waals surface area contributed by atoms with Crippen LogP contribution >= 0.6 is 0 Å². The Balaban J connectivity index is 2.11. The number of aliphatic hydroxyl groups excluding tert-OH is 1. The third-order valence-corrected chi connectivity index (χ3v) is 3.30. The van der Waals surface area contributed by atoms with Gasteiger partial charge in [-0.05, 0) is 37.1 Å². The lowest BCUT2D eigenvalue weighted by Crippen LogP contribution is -2.34. The average molecular weight is 276 g/mol. The van der Waals surface area contributed by atoms with Gasteiger partial charge in [-0.1, -0.05) is 0 Å². The molecule has 1 aromatic heterocycles. The zero-order chi connectivity index (χ0) is 14.5. The van der Waals surface area contributed by atoms with Gasteiger partial charge in [0.05, 0.1) is 13.5 Å². The molecular weight excluding hydrogens is 256 g/mol. The fourth-order valence-electron chi connectivity index (χ4n) is 2.20. The van der Waals surface area contributed by atoms with Crippen LogP contribution in [0.2, 0.25) is 0 Å². The molecule has 0 spiro atoms. The summed E-state index contributed by atoms with van der Waals surface area (Å²) >= 11 is 0. The topological polar surface area (TPSA) is 74.4 Å². The van der Waals surface area contributed by atoms with Crippen molar-refractivity contribution < 1.29 is 14.6 Å². The zero-order valence-corrected chi connectivity index (χ0v) is 11.8. The number of aromatic nitrogens is 1. The van der Waals surface area contributed by atoms with Crippen LogP contribution in [0.5, 0.6) is 5.75 Å². The summed E-state index contributed by atoms with van der Waals surface area (Å²) in [6.07, 6.45) is 2.72. The molecule has 1 amide bonds. The van der Waals surface area contributed by atoms with Crippen LogP contribution in [-0.4, -0.2) is 35.8 Å². The number of rotatable bonds is 6. The van der Waals surface area contributed by atoms with E-state index in [-0.39, 0.29) is 18.6 Å². The number of ether oxygens (including phenoxy) is 1. The van der Waals surface area contributed by atoms with Crippen LogP contribution in [0.3, 0.4) is 0 Å². The molecule has 0 saturated heterocycles. The summed E-state index contributed by atoms with van der Waals surface area (Å²) in [6.45, 7) is 1.96. The van der Waals surface area contributed by atoms with E-state index in [1.54, 1.807) is 7.11 Å². The van der Waals surface area contributed by atoms with E-state index in [0.717, 1.165) is 22.2 Å². The van der Waals surface area contributed by atoms with Crippen LogP contribution in [0.4, 0.5) is 0 Å². The van der Waals surface area contributed by atoms with Gasteiger partial charge in [0.15, 0.2) is 0 Å². The molecule has 2 rings (SSSR count). The predicted octanol–water partition coefficient (Wildman–Crippen LogP) is 1.61. The van der Waals surface area contributed by atoms with Crippen molar-refractivity contribution in [3.8, 4) is 5.75 Å². The van der Waals surface area contributed by atoms with Gasteiger partial charge in [-0.25, -0.2) is 0 Å². The van der Waals surface area contributed by atoms with Crippen molar-refractivity contribution in [2.75, 3.05) is 13.7 Å². The van der Waals surface area contributed by atoms with Gasteiger partial charge in [-0.15, -0.1) is 0 Å². The first-order valence-corrected chi connectivity index (χ1v) is 6.68. The maximum atomic E-state index is 12.0. The van der Waals surface area contributed by atoms with E-state index in [4.69, 9.17) is 9.84 Å². The lowest BCUT2D eigenvalue weighted by Gasteiger charge is -2.12. The predicted molar refractivity (Wildman–Crippen MR) is 77.9 cm³/mol. The molecule has 1 atom stereocenters. The molecular formula is C15H20N2O3. The molecule has 0 aliphatic heterocycles. The number of carbonyl (C=O) groups excluding carboxylic acids is 1. The number of nitrogens with one attached hydrogen (secondary N) is 2. The Labute approximate surface area is 117 Å². The van der Waals surface area contributed by atoms with E-state index in [2.05, 4.69) is 10.3 Å². The Bertz CT molecular complexity index is 592. The normalized spacial score (nSPS) is 12.3. The third-order valence-electron chi connectivity index (χ3n) is 3.30. The Morgan fingerprint density at radius 1 is 1.50 bits per heavy atom. The molecule has 3 N–H and O–H groups in total. The standard InChI is InChI=1S/C15H20N2O3/c1-10(5-6-18)17-15(19)7-11-9-16-14-4-3-12(20-2)8-13(11)14/h3-4,8-10,16,18H,5-7H2,1-2H3,(H,17,19). The molecule has 5 nitrogen and oxygen atoms in total. The molecule has 5 heteroatoms. The molecule has 0 radical (unpaired) electrons. The molecule has 0 bridgehead atoms. The second kappa shape index (κ2) is 6.43. The number of amides is 1. The van der Waals surface area contributed by atoms with Gasteiger partial charge in [-0.2, -0.15) is 0 Å². The van der Waals surface area contributed by atoms with Crippen LogP contribution in [0.1, 0.15) is 18.9 Å². The van der Waals surface area contributed by atoms with Gasteiger partial charge in [0, 0.05) is 29.7 Å². The maximum absolute atomic E-state index is 12.0. The van der Waals surface area contributed by atoms with E-state index < -0.39 is 0 Å². The summed E-state index contributed by atoms with van der Waals surface area (Å²) in [4.78, 5) is 15.1. The lowest BCUT2D eigenvalue weighted by molar-refractivity contribution is -0.121. The van der Waals surface area contributed by atoms with Crippen molar-refractivity contribution in [1.29, 1.82) is 0 Å². The lowest BCUT2D eigenvalue weighted by atomic mass is 10.1. The fourth-order valence-corrected chi connectivity index (χ4v) is 2.20.